The van der Waals surface area contributed by atoms with Gasteiger partial charge in [0.05, 0.1) is 18.6 Å². The molecule has 156 valence electrons. The van der Waals surface area contributed by atoms with E-state index in [1.165, 1.54) is 45.5 Å². The van der Waals surface area contributed by atoms with Crippen LogP contribution in [0, 0.1) is 0 Å². The molecular formula is C18H24N6O4S. The van der Waals surface area contributed by atoms with E-state index in [4.69, 9.17) is 4.74 Å². The zero-order valence-corrected chi connectivity index (χ0v) is 17.4. The van der Waals surface area contributed by atoms with Crippen molar-refractivity contribution in [1.82, 2.24) is 24.6 Å². The normalized spacial score (nSPS) is 14.3. The maximum atomic E-state index is 12.4. The van der Waals surface area contributed by atoms with Crippen LogP contribution in [-0.2, 0) is 16.6 Å². The summed E-state index contributed by atoms with van der Waals surface area (Å²) < 4.78 is 30.5. The van der Waals surface area contributed by atoms with Crippen molar-refractivity contribution in [3.05, 3.63) is 35.7 Å². The van der Waals surface area contributed by atoms with E-state index in [9.17, 15) is 13.2 Å². The van der Waals surface area contributed by atoms with Gasteiger partial charge in [0.25, 0.3) is 5.91 Å². The molecule has 1 amide bonds. The Morgan fingerprint density at radius 3 is 2.38 bits per heavy atom. The third kappa shape index (κ3) is 4.80. The largest absolute Gasteiger partial charge is 0.467 e. The zero-order chi connectivity index (χ0) is 21.0. The molecule has 0 radical (unpaired) electrons. The summed E-state index contributed by atoms with van der Waals surface area (Å²) >= 11 is 0. The van der Waals surface area contributed by atoms with Crippen LogP contribution in [0.5, 0.6) is 6.01 Å². The van der Waals surface area contributed by atoms with Crippen LogP contribution in [0.25, 0.3) is 0 Å². The quantitative estimate of drug-likeness (QED) is 0.694. The van der Waals surface area contributed by atoms with Gasteiger partial charge in [-0.15, -0.1) is 0 Å². The number of benzene rings is 1. The Labute approximate surface area is 170 Å². The van der Waals surface area contributed by atoms with Gasteiger partial charge in [-0.3, -0.25) is 4.79 Å². The Balaban J connectivity index is 1.69. The van der Waals surface area contributed by atoms with Crippen molar-refractivity contribution in [3.63, 3.8) is 0 Å². The number of ether oxygens (including phenoxy) is 1. The van der Waals surface area contributed by atoms with E-state index in [1.54, 1.807) is 0 Å². The predicted molar refractivity (Wildman–Crippen MR) is 106 cm³/mol. The van der Waals surface area contributed by atoms with Crippen LogP contribution in [-0.4, -0.2) is 67.9 Å². The molecule has 0 unspecified atom stereocenters. The van der Waals surface area contributed by atoms with Gasteiger partial charge in [0, 0.05) is 32.7 Å². The lowest BCUT2D eigenvalue weighted by molar-refractivity contribution is 0.0949. The van der Waals surface area contributed by atoms with Gasteiger partial charge in [0.1, 0.15) is 0 Å². The molecule has 0 saturated carbocycles. The minimum absolute atomic E-state index is 0.0936. The minimum Gasteiger partial charge on any atom is -0.467 e. The zero-order valence-electron chi connectivity index (χ0n) is 16.6. The Hall–Kier alpha value is -2.79. The molecule has 1 aromatic heterocycles. The Morgan fingerprint density at radius 1 is 1.14 bits per heavy atom. The van der Waals surface area contributed by atoms with E-state index in [2.05, 4.69) is 25.2 Å². The van der Waals surface area contributed by atoms with Crippen LogP contribution in [0.3, 0.4) is 0 Å². The van der Waals surface area contributed by atoms with Gasteiger partial charge in [-0.1, -0.05) is 0 Å². The maximum Gasteiger partial charge on any atom is 0.321 e. The smallest absolute Gasteiger partial charge is 0.321 e. The summed E-state index contributed by atoms with van der Waals surface area (Å²) in [6.07, 6.45) is 2.17. The van der Waals surface area contributed by atoms with Crippen LogP contribution in [0.2, 0.25) is 0 Å². The fourth-order valence-electron chi connectivity index (χ4n) is 2.87. The molecule has 2 heterocycles. The van der Waals surface area contributed by atoms with Crippen molar-refractivity contribution in [2.75, 3.05) is 39.2 Å². The van der Waals surface area contributed by atoms with Crippen molar-refractivity contribution < 1.29 is 17.9 Å². The number of hydrogen-bond donors (Lipinski definition) is 1. The van der Waals surface area contributed by atoms with Gasteiger partial charge in [0.15, 0.2) is 5.82 Å². The number of methoxy groups -OCH3 is 1. The average molecular weight is 420 g/mol. The lowest BCUT2D eigenvalue weighted by Gasteiger charge is -2.16. The molecule has 1 N–H and O–H groups in total. The summed E-state index contributed by atoms with van der Waals surface area (Å²) in [6, 6.07) is 5.94. The van der Waals surface area contributed by atoms with Crippen LogP contribution in [0.15, 0.2) is 29.2 Å². The van der Waals surface area contributed by atoms with E-state index in [1.807, 2.05) is 0 Å². The van der Waals surface area contributed by atoms with Crippen LogP contribution >= 0.6 is 0 Å². The number of nitrogens with one attached hydrogen (secondary N) is 1. The van der Waals surface area contributed by atoms with Crippen LogP contribution in [0.4, 0.5) is 5.95 Å². The average Bonchev–Trinajstić information content (AvgIpc) is 3.26. The Bertz CT molecular complexity index is 972. The van der Waals surface area contributed by atoms with Crippen molar-refractivity contribution in [2.24, 2.45) is 0 Å². The Kier molecular flexibility index (Phi) is 6.28. The summed E-state index contributed by atoms with van der Waals surface area (Å²) in [7, 11) is 0.849. The van der Waals surface area contributed by atoms with Crippen molar-refractivity contribution in [3.8, 4) is 6.01 Å². The highest BCUT2D eigenvalue weighted by molar-refractivity contribution is 7.89. The number of amides is 1. The first kappa shape index (κ1) is 20.9. The molecule has 1 aliphatic rings. The topological polar surface area (TPSA) is 118 Å². The summed E-state index contributed by atoms with van der Waals surface area (Å²) in [5.74, 6) is 0.566. The third-order valence-corrected chi connectivity index (χ3v) is 6.35. The first-order chi connectivity index (χ1) is 13.8. The first-order valence-corrected chi connectivity index (χ1v) is 10.6. The molecule has 0 atom stereocenters. The molecule has 1 saturated heterocycles. The number of hydrogen-bond acceptors (Lipinski definition) is 8. The highest BCUT2D eigenvalue weighted by Gasteiger charge is 2.19. The van der Waals surface area contributed by atoms with Gasteiger partial charge in [-0.2, -0.15) is 15.0 Å². The summed E-state index contributed by atoms with van der Waals surface area (Å²) in [5.41, 5.74) is 0.337. The summed E-state index contributed by atoms with van der Waals surface area (Å²) in [5, 5.41) is 2.74. The molecule has 29 heavy (non-hydrogen) atoms. The van der Waals surface area contributed by atoms with E-state index in [0.717, 1.165) is 30.2 Å². The van der Waals surface area contributed by atoms with E-state index < -0.39 is 10.0 Å². The molecule has 11 heteroatoms. The second-order valence-electron chi connectivity index (χ2n) is 6.73. The van der Waals surface area contributed by atoms with Gasteiger partial charge in [-0.05, 0) is 37.1 Å². The SMILES string of the molecule is COc1nc(CNC(=O)c2ccc(S(=O)(=O)N(C)C)cc2)nc(N2CCCC2)n1. The van der Waals surface area contributed by atoms with E-state index in [0.29, 0.717) is 17.3 Å². The number of sulfonamides is 1. The highest BCUT2D eigenvalue weighted by Crippen LogP contribution is 2.18. The monoisotopic (exact) mass is 420 g/mol. The van der Waals surface area contributed by atoms with Gasteiger partial charge >= 0.3 is 6.01 Å². The molecule has 1 fully saturated rings. The molecule has 3 rings (SSSR count). The molecule has 10 nitrogen and oxygen atoms in total. The third-order valence-electron chi connectivity index (χ3n) is 4.52. The fraction of sp³-hybridized carbons (Fsp3) is 0.444. The number of rotatable bonds is 7. The molecular weight excluding hydrogens is 396 g/mol. The lowest BCUT2D eigenvalue weighted by atomic mass is 10.2. The van der Waals surface area contributed by atoms with Gasteiger partial charge in [0.2, 0.25) is 16.0 Å². The molecule has 0 bridgehead atoms. The number of anilines is 1. The Morgan fingerprint density at radius 2 is 1.79 bits per heavy atom. The van der Waals surface area contributed by atoms with Crippen LogP contribution in [0.1, 0.15) is 29.0 Å². The number of nitrogens with zero attached hydrogens (tertiary/aromatic N) is 5. The van der Waals surface area contributed by atoms with Crippen molar-refractivity contribution in [2.45, 2.75) is 24.3 Å². The predicted octanol–water partition coefficient (Wildman–Crippen LogP) is 0.661. The maximum absolute atomic E-state index is 12.4. The van der Waals surface area contributed by atoms with Crippen molar-refractivity contribution >= 4 is 21.9 Å². The molecule has 1 aliphatic heterocycles. The van der Waals surface area contributed by atoms with E-state index in [-0.39, 0.29) is 23.4 Å². The number of carbonyl (C=O) groups excluding carboxylic acids is 1. The first-order valence-electron chi connectivity index (χ1n) is 9.16. The second kappa shape index (κ2) is 8.70. The molecule has 0 spiro atoms. The molecule has 1 aromatic carbocycles. The molecule has 0 aliphatic carbocycles. The highest BCUT2D eigenvalue weighted by atomic mass is 32.2. The lowest BCUT2D eigenvalue weighted by Crippen LogP contribution is -2.26. The van der Waals surface area contributed by atoms with Crippen molar-refractivity contribution in [1.29, 1.82) is 0 Å². The van der Waals surface area contributed by atoms with Gasteiger partial charge in [-0.25, -0.2) is 12.7 Å². The number of carbonyl (C=O) groups is 1. The standard InChI is InChI=1S/C18H24N6O4S/c1-23(2)29(26,27)14-8-6-13(7-9-14)16(25)19-12-15-20-17(22-18(21-15)28-3)24-10-4-5-11-24/h6-9H,4-5,10-12H2,1-3H3,(H,19,25). The molecule has 2 aromatic rings. The number of aromatic nitrogens is 3. The summed E-state index contributed by atoms with van der Waals surface area (Å²) in [6.45, 7) is 1.85. The minimum atomic E-state index is -3.54. The fourth-order valence-corrected chi connectivity index (χ4v) is 3.77. The van der Waals surface area contributed by atoms with Gasteiger partial charge < -0.3 is 15.0 Å². The second-order valence-corrected chi connectivity index (χ2v) is 8.88. The summed E-state index contributed by atoms with van der Waals surface area (Å²) in [4.78, 5) is 27.5. The van der Waals surface area contributed by atoms with Crippen LogP contribution < -0.4 is 15.0 Å². The van der Waals surface area contributed by atoms with E-state index >= 15 is 0 Å².